The van der Waals surface area contributed by atoms with Crippen LogP contribution in [0.2, 0.25) is 0 Å². The van der Waals surface area contributed by atoms with Crippen molar-refractivity contribution in [1.29, 1.82) is 0 Å². The molecule has 0 bridgehead atoms. The lowest BCUT2D eigenvalue weighted by atomic mass is 10.1. The SMILES string of the molecule is CCSc1ccc(NC=O)cc1S(=O)(=O)NC(C)(C)C. The zero-order chi connectivity index (χ0) is 15.4. The van der Waals surface area contributed by atoms with E-state index in [0.717, 1.165) is 5.75 Å². The van der Waals surface area contributed by atoms with Crippen LogP contribution in [0.15, 0.2) is 28.0 Å². The number of hydrogen-bond donors (Lipinski definition) is 2. The highest BCUT2D eigenvalue weighted by atomic mass is 32.2. The monoisotopic (exact) mass is 316 g/mol. The van der Waals surface area contributed by atoms with Gasteiger partial charge in [0.05, 0.1) is 4.90 Å². The van der Waals surface area contributed by atoms with Gasteiger partial charge < -0.3 is 5.32 Å². The molecule has 1 rings (SSSR count). The molecule has 0 radical (unpaired) electrons. The van der Waals surface area contributed by atoms with E-state index in [0.29, 0.717) is 17.0 Å². The van der Waals surface area contributed by atoms with Crippen molar-refractivity contribution in [3.05, 3.63) is 18.2 Å². The van der Waals surface area contributed by atoms with Gasteiger partial charge in [-0.1, -0.05) is 6.92 Å². The van der Waals surface area contributed by atoms with Crippen molar-refractivity contribution in [3.8, 4) is 0 Å². The van der Waals surface area contributed by atoms with E-state index >= 15 is 0 Å². The van der Waals surface area contributed by atoms with Gasteiger partial charge in [-0.2, -0.15) is 0 Å². The highest BCUT2D eigenvalue weighted by Crippen LogP contribution is 2.29. The van der Waals surface area contributed by atoms with Crippen LogP contribution in [0, 0.1) is 0 Å². The maximum absolute atomic E-state index is 12.5. The lowest BCUT2D eigenvalue weighted by molar-refractivity contribution is -0.105. The van der Waals surface area contributed by atoms with Crippen LogP contribution in [-0.2, 0) is 14.8 Å². The van der Waals surface area contributed by atoms with E-state index in [1.807, 2.05) is 6.92 Å². The molecule has 112 valence electrons. The molecule has 5 nitrogen and oxygen atoms in total. The summed E-state index contributed by atoms with van der Waals surface area (Å²) in [6, 6.07) is 4.86. The van der Waals surface area contributed by atoms with Crippen LogP contribution < -0.4 is 10.0 Å². The van der Waals surface area contributed by atoms with Crippen LogP contribution >= 0.6 is 11.8 Å². The number of carbonyl (C=O) groups is 1. The van der Waals surface area contributed by atoms with Crippen molar-refractivity contribution in [2.24, 2.45) is 0 Å². The van der Waals surface area contributed by atoms with E-state index in [1.54, 1.807) is 32.9 Å². The fourth-order valence-electron chi connectivity index (χ4n) is 1.61. The molecule has 1 aromatic rings. The standard InChI is InChI=1S/C13H20N2O3S2/c1-5-19-11-7-6-10(14-9-16)8-12(11)20(17,18)15-13(2,3)4/h6-9,15H,5H2,1-4H3,(H,14,16). The van der Waals surface area contributed by atoms with Crippen molar-refractivity contribution in [2.75, 3.05) is 11.1 Å². The van der Waals surface area contributed by atoms with Gasteiger partial charge in [-0.3, -0.25) is 4.79 Å². The maximum atomic E-state index is 12.5. The van der Waals surface area contributed by atoms with E-state index in [1.165, 1.54) is 17.8 Å². The fourth-order valence-corrected chi connectivity index (χ4v) is 4.32. The van der Waals surface area contributed by atoms with Crippen molar-refractivity contribution < 1.29 is 13.2 Å². The summed E-state index contributed by atoms with van der Waals surface area (Å²) < 4.78 is 27.5. The van der Waals surface area contributed by atoms with Gasteiger partial charge in [0.25, 0.3) is 0 Å². The van der Waals surface area contributed by atoms with Crippen LogP contribution in [0.1, 0.15) is 27.7 Å². The summed E-state index contributed by atoms with van der Waals surface area (Å²) in [5.74, 6) is 0.762. The van der Waals surface area contributed by atoms with Gasteiger partial charge in [0.15, 0.2) is 0 Å². The van der Waals surface area contributed by atoms with Crippen LogP contribution in [0.4, 0.5) is 5.69 Å². The van der Waals surface area contributed by atoms with Crippen LogP contribution in [0.3, 0.4) is 0 Å². The second-order valence-electron chi connectivity index (χ2n) is 5.21. The summed E-state index contributed by atoms with van der Waals surface area (Å²) in [5.41, 5.74) is -0.115. The third kappa shape index (κ3) is 4.81. The predicted molar refractivity (Wildman–Crippen MR) is 82.6 cm³/mol. The summed E-state index contributed by atoms with van der Waals surface area (Å²) >= 11 is 1.45. The smallest absolute Gasteiger partial charge is 0.242 e. The molecule has 0 heterocycles. The number of anilines is 1. The quantitative estimate of drug-likeness (QED) is 0.624. The number of sulfonamides is 1. The second kappa shape index (κ2) is 6.60. The summed E-state index contributed by atoms with van der Waals surface area (Å²) in [4.78, 5) is 11.3. The Morgan fingerprint density at radius 1 is 1.30 bits per heavy atom. The zero-order valence-corrected chi connectivity index (χ0v) is 13.7. The normalized spacial score (nSPS) is 12.2. The van der Waals surface area contributed by atoms with Gasteiger partial charge in [0.1, 0.15) is 0 Å². The maximum Gasteiger partial charge on any atom is 0.242 e. The highest BCUT2D eigenvalue weighted by molar-refractivity contribution is 8.00. The minimum absolute atomic E-state index is 0.186. The van der Waals surface area contributed by atoms with Crippen molar-refractivity contribution in [3.63, 3.8) is 0 Å². The Morgan fingerprint density at radius 2 is 1.95 bits per heavy atom. The van der Waals surface area contributed by atoms with Gasteiger partial charge in [0, 0.05) is 16.1 Å². The summed E-state index contributed by atoms with van der Waals surface area (Å²) in [7, 11) is -3.64. The van der Waals surface area contributed by atoms with E-state index in [9.17, 15) is 13.2 Å². The topological polar surface area (TPSA) is 75.3 Å². The predicted octanol–water partition coefficient (Wildman–Crippen LogP) is 2.44. The van der Waals surface area contributed by atoms with E-state index in [4.69, 9.17) is 0 Å². The Balaban J connectivity index is 3.30. The molecule has 0 aliphatic heterocycles. The molecular formula is C13H20N2O3S2. The van der Waals surface area contributed by atoms with Gasteiger partial charge in [0.2, 0.25) is 16.4 Å². The zero-order valence-electron chi connectivity index (χ0n) is 12.1. The average molecular weight is 316 g/mol. The molecule has 0 aliphatic rings. The molecule has 1 aromatic carbocycles. The molecule has 0 unspecified atom stereocenters. The molecule has 20 heavy (non-hydrogen) atoms. The molecule has 1 amide bonds. The van der Waals surface area contributed by atoms with E-state index in [2.05, 4.69) is 10.0 Å². The minimum atomic E-state index is -3.64. The first kappa shape index (κ1) is 17.0. The van der Waals surface area contributed by atoms with Gasteiger partial charge in [-0.15, -0.1) is 11.8 Å². The number of rotatable bonds is 6. The Labute approximate surface area is 124 Å². The second-order valence-corrected chi connectivity index (χ2v) is 8.17. The number of amides is 1. The molecule has 7 heteroatoms. The largest absolute Gasteiger partial charge is 0.329 e. The highest BCUT2D eigenvalue weighted by Gasteiger charge is 2.25. The summed E-state index contributed by atoms with van der Waals surface area (Å²) in [6.07, 6.45) is 0.523. The first-order chi connectivity index (χ1) is 9.19. The number of benzene rings is 1. The summed E-state index contributed by atoms with van der Waals surface area (Å²) in [5, 5.41) is 2.47. The number of nitrogens with one attached hydrogen (secondary N) is 2. The van der Waals surface area contributed by atoms with Crippen LogP contribution in [-0.4, -0.2) is 26.1 Å². The van der Waals surface area contributed by atoms with Crippen molar-refractivity contribution >= 4 is 33.9 Å². The molecule has 0 aromatic heterocycles. The Kier molecular flexibility index (Phi) is 5.61. The lowest BCUT2D eigenvalue weighted by Gasteiger charge is -2.21. The van der Waals surface area contributed by atoms with E-state index in [-0.39, 0.29) is 4.90 Å². The molecule has 0 atom stereocenters. The number of thioether (sulfide) groups is 1. The third-order valence-electron chi connectivity index (χ3n) is 2.20. The third-order valence-corrected chi connectivity index (χ3v) is 5.08. The first-order valence-corrected chi connectivity index (χ1v) is 8.67. The molecule has 0 spiro atoms. The van der Waals surface area contributed by atoms with Gasteiger partial charge >= 0.3 is 0 Å². The molecular weight excluding hydrogens is 296 g/mol. The molecule has 2 N–H and O–H groups in total. The Bertz CT molecular complexity index is 578. The van der Waals surface area contributed by atoms with Crippen LogP contribution in [0.5, 0.6) is 0 Å². The number of carbonyl (C=O) groups excluding carboxylic acids is 1. The lowest BCUT2D eigenvalue weighted by Crippen LogP contribution is -2.40. The van der Waals surface area contributed by atoms with Crippen molar-refractivity contribution in [2.45, 2.75) is 43.0 Å². The van der Waals surface area contributed by atoms with E-state index < -0.39 is 15.6 Å². The molecule has 0 fully saturated rings. The Hall–Kier alpha value is -1.05. The first-order valence-electron chi connectivity index (χ1n) is 6.20. The van der Waals surface area contributed by atoms with Crippen LogP contribution in [0.25, 0.3) is 0 Å². The minimum Gasteiger partial charge on any atom is -0.329 e. The molecule has 0 saturated carbocycles. The number of hydrogen-bond acceptors (Lipinski definition) is 4. The Morgan fingerprint density at radius 3 is 2.45 bits per heavy atom. The summed E-state index contributed by atoms with van der Waals surface area (Å²) in [6.45, 7) is 7.30. The van der Waals surface area contributed by atoms with Gasteiger partial charge in [-0.25, -0.2) is 13.1 Å². The molecule has 0 saturated heterocycles. The molecule has 0 aliphatic carbocycles. The fraction of sp³-hybridized carbons (Fsp3) is 0.462. The van der Waals surface area contributed by atoms with Crippen molar-refractivity contribution in [1.82, 2.24) is 4.72 Å². The average Bonchev–Trinajstić information content (AvgIpc) is 2.28. The van der Waals surface area contributed by atoms with Gasteiger partial charge in [-0.05, 0) is 44.7 Å².